The highest BCUT2D eigenvalue weighted by Gasteiger charge is 2.42. The van der Waals surface area contributed by atoms with Crippen LogP contribution < -0.4 is 10.1 Å². The summed E-state index contributed by atoms with van der Waals surface area (Å²) in [7, 11) is 0. The van der Waals surface area contributed by atoms with Gasteiger partial charge in [-0.05, 0) is 44.0 Å². The summed E-state index contributed by atoms with van der Waals surface area (Å²) in [6.45, 7) is 2.33. The Bertz CT molecular complexity index is 553. The van der Waals surface area contributed by atoms with Gasteiger partial charge in [0.15, 0.2) is 0 Å². The molecule has 0 bridgehead atoms. The van der Waals surface area contributed by atoms with Gasteiger partial charge in [-0.15, -0.1) is 0 Å². The van der Waals surface area contributed by atoms with Crippen LogP contribution in [0, 0.1) is 0 Å². The summed E-state index contributed by atoms with van der Waals surface area (Å²) in [4.78, 5) is 24.6. The van der Waals surface area contributed by atoms with Crippen LogP contribution in [0.25, 0.3) is 0 Å². The second-order valence-electron chi connectivity index (χ2n) is 5.96. The van der Waals surface area contributed by atoms with E-state index in [9.17, 15) is 9.59 Å². The van der Waals surface area contributed by atoms with E-state index in [2.05, 4.69) is 5.32 Å². The fourth-order valence-corrected chi connectivity index (χ4v) is 3.05. The van der Waals surface area contributed by atoms with Crippen LogP contribution in [-0.2, 0) is 14.3 Å². The van der Waals surface area contributed by atoms with Crippen LogP contribution in [0.5, 0.6) is 5.75 Å². The molecular weight excluding hydrogens is 330 g/mol. The van der Waals surface area contributed by atoms with Crippen molar-refractivity contribution in [1.29, 1.82) is 0 Å². The molecule has 0 spiro atoms. The summed E-state index contributed by atoms with van der Waals surface area (Å²) in [5.74, 6) is 0.139. The third-order valence-electron chi connectivity index (χ3n) is 4.16. The van der Waals surface area contributed by atoms with E-state index < -0.39 is 5.54 Å². The lowest BCUT2D eigenvalue weighted by Crippen LogP contribution is -2.56. The Morgan fingerprint density at radius 2 is 1.83 bits per heavy atom. The number of benzene rings is 1. The third kappa shape index (κ3) is 5.13. The molecule has 2 rings (SSSR count). The minimum atomic E-state index is -0.869. The maximum absolute atomic E-state index is 12.3. The van der Waals surface area contributed by atoms with Crippen molar-refractivity contribution < 1.29 is 19.1 Å². The Morgan fingerprint density at radius 3 is 2.46 bits per heavy atom. The molecule has 132 valence electrons. The fourth-order valence-electron chi connectivity index (χ4n) is 2.93. The summed E-state index contributed by atoms with van der Waals surface area (Å²) in [5.41, 5.74) is -0.869. The van der Waals surface area contributed by atoms with Gasteiger partial charge in [-0.3, -0.25) is 4.79 Å². The summed E-state index contributed by atoms with van der Waals surface area (Å²) in [6, 6.07) is 6.96. The Morgan fingerprint density at radius 1 is 1.17 bits per heavy atom. The maximum Gasteiger partial charge on any atom is 0.331 e. The lowest BCUT2D eigenvalue weighted by Gasteiger charge is -2.35. The summed E-state index contributed by atoms with van der Waals surface area (Å²) in [6.07, 6.45) is 4.37. The van der Waals surface area contributed by atoms with Crippen LogP contribution >= 0.6 is 11.6 Å². The normalized spacial score (nSPS) is 16.2. The van der Waals surface area contributed by atoms with Gasteiger partial charge in [0.05, 0.1) is 19.6 Å². The topological polar surface area (TPSA) is 64.6 Å². The second-order valence-corrected chi connectivity index (χ2v) is 6.40. The number of carbonyl (C=O) groups is 2. The molecule has 1 aliphatic rings. The predicted octanol–water partition coefficient (Wildman–Crippen LogP) is 3.49. The number of halogens is 1. The van der Waals surface area contributed by atoms with Crippen LogP contribution in [0.1, 0.15) is 45.4 Å². The molecule has 1 aromatic rings. The van der Waals surface area contributed by atoms with Crippen LogP contribution in [0.4, 0.5) is 0 Å². The number of hydrogen-bond donors (Lipinski definition) is 1. The van der Waals surface area contributed by atoms with E-state index >= 15 is 0 Å². The minimum Gasteiger partial charge on any atom is -0.493 e. The van der Waals surface area contributed by atoms with Crippen LogP contribution in [0.3, 0.4) is 0 Å². The largest absolute Gasteiger partial charge is 0.493 e. The smallest absolute Gasteiger partial charge is 0.331 e. The van der Waals surface area contributed by atoms with E-state index in [-0.39, 0.29) is 24.9 Å². The van der Waals surface area contributed by atoms with Gasteiger partial charge in [-0.25, -0.2) is 4.79 Å². The lowest BCUT2D eigenvalue weighted by molar-refractivity contribution is -0.155. The number of carbonyl (C=O) groups excluding carboxylic acids is 2. The minimum absolute atomic E-state index is 0.184. The van der Waals surface area contributed by atoms with Crippen molar-refractivity contribution in [2.45, 2.75) is 51.0 Å². The molecule has 0 aliphatic heterocycles. The monoisotopic (exact) mass is 353 g/mol. The molecule has 0 atom stereocenters. The van der Waals surface area contributed by atoms with Gasteiger partial charge < -0.3 is 14.8 Å². The molecule has 0 saturated heterocycles. The van der Waals surface area contributed by atoms with Crippen LogP contribution in [-0.4, -0.2) is 30.6 Å². The third-order valence-corrected chi connectivity index (χ3v) is 4.42. The molecule has 0 unspecified atom stereocenters. The van der Waals surface area contributed by atoms with Crippen molar-refractivity contribution in [3.05, 3.63) is 29.3 Å². The number of esters is 1. The molecule has 5 nitrogen and oxygen atoms in total. The molecule has 1 fully saturated rings. The first-order chi connectivity index (χ1) is 11.6. The zero-order valence-corrected chi connectivity index (χ0v) is 14.7. The summed E-state index contributed by atoms with van der Waals surface area (Å²) < 4.78 is 10.7. The average molecular weight is 354 g/mol. The Hall–Kier alpha value is -1.75. The number of nitrogens with one attached hydrogen (secondary N) is 1. The van der Waals surface area contributed by atoms with Gasteiger partial charge in [-0.1, -0.05) is 30.9 Å². The Kier molecular flexibility index (Phi) is 6.91. The van der Waals surface area contributed by atoms with Crippen molar-refractivity contribution in [1.82, 2.24) is 5.32 Å². The van der Waals surface area contributed by atoms with Crippen molar-refractivity contribution >= 4 is 23.5 Å². The van der Waals surface area contributed by atoms with Gasteiger partial charge in [0.25, 0.3) is 0 Å². The Labute approximate surface area is 147 Å². The van der Waals surface area contributed by atoms with Gasteiger partial charge in [0.2, 0.25) is 5.91 Å². The molecule has 1 saturated carbocycles. The van der Waals surface area contributed by atoms with Crippen LogP contribution in [0.15, 0.2) is 24.3 Å². The van der Waals surface area contributed by atoms with Gasteiger partial charge >= 0.3 is 5.97 Å². The van der Waals surface area contributed by atoms with Gasteiger partial charge in [-0.2, -0.15) is 0 Å². The SMILES string of the molecule is CCOC(=O)C1(NC(=O)CCOc2ccc(Cl)cc2)CCCCC1. The predicted molar refractivity (Wildman–Crippen MR) is 92.2 cm³/mol. The highest BCUT2D eigenvalue weighted by molar-refractivity contribution is 6.30. The van der Waals surface area contributed by atoms with E-state index in [1.54, 1.807) is 31.2 Å². The Balaban J connectivity index is 1.85. The second kappa shape index (κ2) is 8.92. The zero-order valence-electron chi connectivity index (χ0n) is 14.0. The van der Waals surface area contributed by atoms with E-state index in [0.717, 1.165) is 19.3 Å². The van der Waals surface area contributed by atoms with Crippen molar-refractivity contribution in [3.63, 3.8) is 0 Å². The average Bonchev–Trinajstić information content (AvgIpc) is 2.58. The highest BCUT2D eigenvalue weighted by Crippen LogP contribution is 2.29. The van der Waals surface area contributed by atoms with Crippen LogP contribution in [0.2, 0.25) is 5.02 Å². The first-order valence-electron chi connectivity index (χ1n) is 8.42. The maximum atomic E-state index is 12.3. The molecule has 0 radical (unpaired) electrons. The van der Waals surface area contributed by atoms with E-state index in [1.165, 1.54) is 0 Å². The number of amides is 1. The van der Waals surface area contributed by atoms with Gasteiger partial charge in [0.1, 0.15) is 11.3 Å². The van der Waals surface area contributed by atoms with E-state index in [4.69, 9.17) is 21.1 Å². The van der Waals surface area contributed by atoms with Crippen molar-refractivity contribution in [2.24, 2.45) is 0 Å². The number of hydrogen-bond acceptors (Lipinski definition) is 4. The quantitative estimate of drug-likeness (QED) is 0.762. The lowest BCUT2D eigenvalue weighted by atomic mass is 9.81. The first kappa shape index (κ1) is 18.6. The molecule has 1 N–H and O–H groups in total. The standard InChI is InChI=1S/C18H24ClNO4/c1-2-23-17(22)18(11-4-3-5-12-18)20-16(21)10-13-24-15-8-6-14(19)7-9-15/h6-9H,2-5,10-13H2,1H3,(H,20,21). The molecule has 1 aromatic carbocycles. The van der Waals surface area contributed by atoms with E-state index in [1.807, 2.05) is 0 Å². The molecule has 24 heavy (non-hydrogen) atoms. The summed E-state index contributed by atoms with van der Waals surface area (Å²) >= 11 is 5.81. The number of ether oxygens (including phenoxy) is 2. The fraction of sp³-hybridized carbons (Fsp3) is 0.556. The van der Waals surface area contributed by atoms with Crippen molar-refractivity contribution in [2.75, 3.05) is 13.2 Å². The first-order valence-corrected chi connectivity index (χ1v) is 8.80. The molecule has 1 amide bonds. The molecule has 1 aliphatic carbocycles. The highest BCUT2D eigenvalue weighted by atomic mass is 35.5. The number of rotatable bonds is 7. The molecule has 0 heterocycles. The summed E-state index contributed by atoms with van der Waals surface area (Å²) in [5, 5.41) is 3.53. The zero-order chi connectivity index (χ0) is 17.4. The molecule has 0 aromatic heterocycles. The van der Waals surface area contributed by atoms with E-state index in [0.29, 0.717) is 30.2 Å². The van der Waals surface area contributed by atoms with Crippen molar-refractivity contribution in [3.8, 4) is 5.75 Å². The molecule has 6 heteroatoms. The van der Waals surface area contributed by atoms with Gasteiger partial charge in [0, 0.05) is 5.02 Å². The molecular formula is C18H24ClNO4.